The number of aromatic nitrogens is 1. The van der Waals surface area contributed by atoms with Gasteiger partial charge >= 0.3 is 0 Å². The molecule has 0 bridgehead atoms. The van der Waals surface area contributed by atoms with E-state index in [9.17, 15) is 4.79 Å². The average Bonchev–Trinajstić information content (AvgIpc) is 2.48. The molecule has 0 aliphatic heterocycles. The lowest BCUT2D eigenvalue weighted by molar-refractivity contribution is 0.0931. The van der Waals surface area contributed by atoms with Gasteiger partial charge in [-0.25, -0.2) is 0 Å². The summed E-state index contributed by atoms with van der Waals surface area (Å²) in [5.74, 6) is 0.386. The first-order chi connectivity index (χ1) is 9.63. The number of aryl methyl sites for hydroxylation is 1. The van der Waals surface area contributed by atoms with Crippen molar-refractivity contribution in [3.05, 3.63) is 65.5 Å². The van der Waals surface area contributed by atoms with Gasteiger partial charge in [0.15, 0.2) is 5.78 Å². The van der Waals surface area contributed by atoms with E-state index in [1.165, 1.54) is 0 Å². The van der Waals surface area contributed by atoms with Crippen LogP contribution in [0.5, 0.6) is 0 Å². The molecule has 0 aliphatic rings. The maximum atomic E-state index is 12.9. The average molecular weight is 267 g/mol. The first-order valence-corrected chi connectivity index (χ1v) is 7.14. The van der Waals surface area contributed by atoms with Gasteiger partial charge < -0.3 is 0 Å². The summed E-state index contributed by atoms with van der Waals surface area (Å²) in [5.41, 5.74) is 2.82. The van der Waals surface area contributed by atoms with E-state index in [1.54, 1.807) is 12.4 Å². The summed E-state index contributed by atoms with van der Waals surface area (Å²) >= 11 is 0. The normalized spacial score (nSPS) is 13.8. The summed E-state index contributed by atoms with van der Waals surface area (Å²) in [6, 6.07) is 12.0. The van der Waals surface area contributed by atoms with Crippen LogP contribution in [-0.4, -0.2) is 10.8 Å². The Morgan fingerprint density at radius 3 is 2.50 bits per heavy atom. The van der Waals surface area contributed by atoms with E-state index in [2.05, 4.69) is 18.8 Å². The van der Waals surface area contributed by atoms with Gasteiger partial charge in [0, 0.05) is 23.9 Å². The lowest BCUT2D eigenvalue weighted by atomic mass is 9.80. The first-order valence-electron chi connectivity index (χ1n) is 7.14. The smallest absolute Gasteiger partial charge is 0.172 e. The molecule has 0 fully saturated rings. The van der Waals surface area contributed by atoms with Crippen LogP contribution in [0.2, 0.25) is 0 Å². The minimum absolute atomic E-state index is 0.0928. The highest BCUT2D eigenvalue weighted by Gasteiger charge is 2.26. The van der Waals surface area contributed by atoms with Crippen molar-refractivity contribution in [2.75, 3.05) is 0 Å². The number of ketones is 1. The Bertz CT molecular complexity index is 577. The molecule has 2 unspecified atom stereocenters. The summed E-state index contributed by atoms with van der Waals surface area (Å²) in [4.78, 5) is 17.0. The molecule has 104 valence electrons. The van der Waals surface area contributed by atoms with Gasteiger partial charge in [0.2, 0.25) is 0 Å². The molecular weight excluding hydrogens is 246 g/mol. The molecule has 2 rings (SSSR count). The fourth-order valence-corrected chi connectivity index (χ4v) is 2.50. The zero-order valence-corrected chi connectivity index (χ0v) is 12.3. The molecule has 2 nitrogen and oxygen atoms in total. The van der Waals surface area contributed by atoms with Gasteiger partial charge in [0.1, 0.15) is 0 Å². The van der Waals surface area contributed by atoms with Crippen molar-refractivity contribution in [2.45, 2.75) is 33.1 Å². The zero-order valence-electron chi connectivity index (χ0n) is 12.3. The summed E-state index contributed by atoms with van der Waals surface area (Å²) in [6.07, 6.45) is 4.43. The third-order valence-electron chi connectivity index (χ3n) is 3.81. The molecule has 20 heavy (non-hydrogen) atoms. The van der Waals surface area contributed by atoms with Crippen molar-refractivity contribution in [3.8, 4) is 0 Å². The SMILES string of the molecule is CCC(C)C(C(=O)c1cncc(C)c1)c1ccccc1. The van der Waals surface area contributed by atoms with Gasteiger partial charge in [-0.1, -0.05) is 50.6 Å². The van der Waals surface area contributed by atoms with Crippen LogP contribution in [0.3, 0.4) is 0 Å². The van der Waals surface area contributed by atoms with Crippen molar-refractivity contribution in [1.82, 2.24) is 4.98 Å². The molecule has 2 aromatic rings. The summed E-state index contributed by atoms with van der Waals surface area (Å²) < 4.78 is 0. The van der Waals surface area contributed by atoms with E-state index in [0.717, 1.165) is 17.5 Å². The molecule has 2 atom stereocenters. The molecule has 0 aliphatic carbocycles. The fourth-order valence-electron chi connectivity index (χ4n) is 2.50. The number of nitrogens with zero attached hydrogens (tertiary/aromatic N) is 1. The second kappa shape index (κ2) is 6.47. The zero-order chi connectivity index (χ0) is 14.5. The second-order valence-corrected chi connectivity index (χ2v) is 5.39. The Hall–Kier alpha value is -1.96. The summed E-state index contributed by atoms with van der Waals surface area (Å²) in [6.45, 7) is 6.23. The van der Waals surface area contributed by atoms with Crippen LogP contribution in [0.1, 0.15) is 47.7 Å². The van der Waals surface area contributed by atoms with Crippen LogP contribution in [0, 0.1) is 12.8 Å². The maximum absolute atomic E-state index is 12.9. The van der Waals surface area contributed by atoms with E-state index in [-0.39, 0.29) is 11.7 Å². The number of pyridine rings is 1. The molecule has 1 aromatic heterocycles. The molecule has 1 aromatic carbocycles. The Morgan fingerprint density at radius 1 is 1.20 bits per heavy atom. The van der Waals surface area contributed by atoms with Crippen molar-refractivity contribution in [2.24, 2.45) is 5.92 Å². The topological polar surface area (TPSA) is 30.0 Å². The fraction of sp³-hybridized carbons (Fsp3) is 0.333. The Morgan fingerprint density at radius 2 is 1.90 bits per heavy atom. The number of Topliss-reactive ketones (excluding diaryl/α,β-unsaturated/α-hetero) is 1. The van der Waals surface area contributed by atoms with Crippen LogP contribution in [0.25, 0.3) is 0 Å². The van der Waals surface area contributed by atoms with E-state index in [0.29, 0.717) is 11.5 Å². The molecule has 0 saturated heterocycles. The van der Waals surface area contributed by atoms with E-state index in [1.807, 2.05) is 43.3 Å². The predicted octanol–water partition coefficient (Wildman–Crippen LogP) is 4.40. The van der Waals surface area contributed by atoms with E-state index >= 15 is 0 Å². The monoisotopic (exact) mass is 267 g/mol. The van der Waals surface area contributed by atoms with Crippen molar-refractivity contribution in [1.29, 1.82) is 0 Å². The van der Waals surface area contributed by atoms with Gasteiger partial charge in [0.05, 0.1) is 0 Å². The Labute approximate surface area is 120 Å². The van der Waals surface area contributed by atoms with Crippen LogP contribution in [0.4, 0.5) is 0 Å². The molecular formula is C18H21NO. The minimum atomic E-state index is -0.0928. The number of rotatable bonds is 5. The van der Waals surface area contributed by atoms with Crippen LogP contribution in [0.15, 0.2) is 48.8 Å². The standard InChI is InChI=1S/C18H21NO/c1-4-14(3)17(15-8-6-5-7-9-15)18(20)16-10-13(2)11-19-12-16/h5-12,14,17H,4H2,1-3H3. The van der Waals surface area contributed by atoms with Crippen molar-refractivity contribution < 1.29 is 4.79 Å². The lowest BCUT2D eigenvalue weighted by Crippen LogP contribution is -2.20. The highest BCUT2D eigenvalue weighted by molar-refractivity contribution is 6.01. The van der Waals surface area contributed by atoms with E-state index in [4.69, 9.17) is 0 Å². The second-order valence-electron chi connectivity index (χ2n) is 5.39. The highest BCUT2D eigenvalue weighted by Crippen LogP contribution is 2.30. The number of benzene rings is 1. The molecule has 0 spiro atoms. The van der Waals surface area contributed by atoms with Crippen LogP contribution < -0.4 is 0 Å². The molecule has 2 heteroatoms. The highest BCUT2D eigenvalue weighted by atomic mass is 16.1. The summed E-state index contributed by atoms with van der Waals surface area (Å²) in [7, 11) is 0. The lowest BCUT2D eigenvalue weighted by Gasteiger charge is -2.22. The van der Waals surface area contributed by atoms with Gasteiger partial charge in [-0.3, -0.25) is 9.78 Å². The Balaban J connectivity index is 2.39. The van der Waals surface area contributed by atoms with Crippen LogP contribution >= 0.6 is 0 Å². The van der Waals surface area contributed by atoms with Crippen LogP contribution in [-0.2, 0) is 0 Å². The van der Waals surface area contributed by atoms with Gasteiger partial charge in [0.25, 0.3) is 0 Å². The predicted molar refractivity (Wildman–Crippen MR) is 81.9 cm³/mol. The van der Waals surface area contributed by atoms with Gasteiger partial charge in [-0.15, -0.1) is 0 Å². The quantitative estimate of drug-likeness (QED) is 0.751. The largest absolute Gasteiger partial charge is 0.293 e. The van der Waals surface area contributed by atoms with Crippen molar-refractivity contribution >= 4 is 5.78 Å². The third-order valence-corrected chi connectivity index (χ3v) is 3.81. The van der Waals surface area contributed by atoms with E-state index < -0.39 is 0 Å². The molecule has 0 radical (unpaired) electrons. The van der Waals surface area contributed by atoms with Gasteiger partial charge in [-0.05, 0) is 30.0 Å². The number of hydrogen-bond acceptors (Lipinski definition) is 2. The number of carbonyl (C=O) groups is 1. The van der Waals surface area contributed by atoms with Crippen molar-refractivity contribution in [3.63, 3.8) is 0 Å². The maximum Gasteiger partial charge on any atom is 0.172 e. The molecule has 1 heterocycles. The first kappa shape index (κ1) is 14.4. The minimum Gasteiger partial charge on any atom is -0.293 e. The third kappa shape index (κ3) is 3.13. The molecule has 0 amide bonds. The van der Waals surface area contributed by atoms with Gasteiger partial charge in [-0.2, -0.15) is 0 Å². The summed E-state index contributed by atoms with van der Waals surface area (Å²) in [5, 5.41) is 0. The number of carbonyl (C=O) groups excluding carboxylic acids is 1. The number of hydrogen-bond donors (Lipinski definition) is 0. The Kier molecular flexibility index (Phi) is 4.67. The molecule has 0 saturated carbocycles. The molecule has 0 N–H and O–H groups in total.